The second-order valence-corrected chi connectivity index (χ2v) is 5.54. The molecule has 1 heterocycles. The first-order chi connectivity index (χ1) is 8.31. The van der Waals surface area contributed by atoms with Gasteiger partial charge >= 0.3 is 16.1 Å². The Morgan fingerprint density at radius 2 is 1.89 bits per heavy atom. The fraction of sp³-hybridized carbons (Fsp3) is 0.545. The summed E-state index contributed by atoms with van der Waals surface area (Å²) in [6, 6.07) is 1.52. The van der Waals surface area contributed by atoms with Crippen molar-refractivity contribution in [2.45, 2.75) is 27.7 Å². The van der Waals surface area contributed by atoms with Crippen molar-refractivity contribution in [1.29, 1.82) is 0 Å². The van der Waals surface area contributed by atoms with Crippen molar-refractivity contribution in [2.75, 3.05) is 13.1 Å². The van der Waals surface area contributed by atoms with Crippen LogP contribution in [-0.4, -0.2) is 31.7 Å². The third-order valence-corrected chi connectivity index (χ3v) is 4.30. The van der Waals surface area contributed by atoms with Gasteiger partial charge in [0.25, 0.3) is 0 Å². The monoisotopic (exact) mass is 274 g/mol. The normalized spacial score (nSPS) is 11.8. The second kappa shape index (κ2) is 5.53. The Morgan fingerprint density at radius 3 is 2.28 bits per heavy atom. The van der Waals surface area contributed by atoms with Crippen LogP contribution in [0.25, 0.3) is 0 Å². The molecule has 0 aliphatic heterocycles. The molecule has 1 aromatic heterocycles. The molecule has 0 saturated heterocycles. The maximum absolute atomic E-state index is 11.8. The van der Waals surface area contributed by atoms with E-state index in [1.165, 1.54) is 6.07 Å². The Kier molecular flexibility index (Phi) is 4.53. The Morgan fingerprint density at radius 1 is 1.33 bits per heavy atom. The molecule has 6 nitrogen and oxygen atoms in total. The Labute approximate surface area is 107 Å². The van der Waals surface area contributed by atoms with Crippen molar-refractivity contribution in [3.63, 3.8) is 0 Å². The van der Waals surface area contributed by atoms with Crippen molar-refractivity contribution in [3.05, 3.63) is 23.2 Å². The van der Waals surface area contributed by atoms with Gasteiger partial charge in [0, 0.05) is 13.1 Å². The molecule has 0 aliphatic rings. The third kappa shape index (κ3) is 3.11. The van der Waals surface area contributed by atoms with Crippen LogP contribution < -0.4 is 4.72 Å². The minimum atomic E-state index is -3.80. The number of carbonyl (C=O) groups excluding carboxylic acids is 1. The summed E-state index contributed by atoms with van der Waals surface area (Å²) in [6.45, 7) is 7.51. The summed E-state index contributed by atoms with van der Waals surface area (Å²) in [6.07, 6.45) is 0. The van der Waals surface area contributed by atoms with Crippen LogP contribution in [0.5, 0.6) is 0 Å². The number of carbonyl (C=O) groups is 1. The molecule has 1 rings (SSSR count). The smallest absolute Gasteiger partial charge is 0.304 e. The van der Waals surface area contributed by atoms with Crippen molar-refractivity contribution in [1.82, 2.24) is 9.03 Å². The van der Waals surface area contributed by atoms with Gasteiger partial charge < -0.3 is 4.42 Å². The van der Waals surface area contributed by atoms with E-state index < -0.39 is 16.1 Å². The fourth-order valence-corrected chi connectivity index (χ4v) is 2.62. The van der Waals surface area contributed by atoms with Gasteiger partial charge in [0.2, 0.25) is 0 Å². The molecule has 0 radical (unpaired) electrons. The van der Waals surface area contributed by atoms with Gasteiger partial charge in [-0.05, 0) is 25.5 Å². The standard InChI is InChI=1S/C11H18N2O4S/c1-5-13(6-2)18(15,16)12-11(14)10-7-8(3)9(4)17-10/h7H,5-6H2,1-4H3,(H,12,14). The van der Waals surface area contributed by atoms with Gasteiger partial charge in [0.05, 0.1) is 0 Å². The highest BCUT2D eigenvalue weighted by molar-refractivity contribution is 7.87. The van der Waals surface area contributed by atoms with Gasteiger partial charge in [-0.2, -0.15) is 12.7 Å². The zero-order valence-electron chi connectivity index (χ0n) is 11.0. The molecule has 1 amide bonds. The van der Waals surface area contributed by atoms with Crippen LogP contribution in [-0.2, 0) is 10.2 Å². The van der Waals surface area contributed by atoms with E-state index in [4.69, 9.17) is 4.42 Å². The predicted octanol–water partition coefficient (Wildman–Crippen LogP) is 1.21. The molecular weight excluding hydrogens is 256 g/mol. The van der Waals surface area contributed by atoms with E-state index >= 15 is 0 Å². The first-order valence-corrected chi connectivity index (χ1v) is 7.15. The minimum Gasteiger partial charge on any atom is -0.456 e. The lowest BCUT2D eigenvalue weighted by atomic mass is 10.3. The van der Waals surface area contributed by atoms with Gasteiger partial charge in [-0.25, -0.2) is 4.72 Å². The zero-order valence-corrected chi connectivity index (χ0v) is 11.8. The number of nitrogens with one attached hydrogen (secondary N) is 1. The number of amides is 1. The molecule has 18 heavy (non-hydrogen) atoms. The van der Waals surface area contributed by atoms with Gasteiger partial charge in [-0.3, -0.25) is 4.79 Å². The first kappa shape index (κ1) is 14.7. The summed E-state index contributed by atoms with van der Waals surface area (Å²) in [4.78, 5) is 11.8. The number of hydrogen-bond acceptors (Lipinski definition) is 4. The van der Waals surface area contributed by atoms with Gasteiger partial charge in [-0.15, -0.1) is 0 Å². The lowest BCUT2D eigenvalue weighted by Crippen LogP contribution is -2.43. The lowest BCUT2D eigenvalue weighted by Gasteiger charge is -2.17. The molecule has 0 fully saturated rings. The summed E-state index contributed by atoms with van der Waals surface area (Å²) in [5, 5.41) is 0. The maximum atomic E-state index is 11.8. The average Bonchev–Trinajstić information content (AvgIpc) is 2.60. The summed E-state index contributed by atoms with van der Waals surface area (Å²) < 4.78 is 32.0. The van der Waals surface area contributed by atoms with Gasteiger partial charge in [0.1, 0.15) is 5.76 Å². The Balaban J connectivity index is 2.88. The summed E-state index contributed by atoms with van der Waals surface area (Å²) in [5.41, 5.74) is 0.806. The Hall–Kier alpha value is -1.34. The first-order valence-electron chi connectivity index (χ1n) is 5.71. The van der Waals surface area contributed by atoms with E-state index in [-0.39, 0.29) is 5.76 Å². The van der Waals surface area contributed by atoms with E-state index in [0.717, 1.165) is 9.87 Å². The van der Waals surface area contributed by atoms with Crippen LogP contribution in [0, 0.1) is 13.8 Å². The number of rotatable bonds is 5. The van der Waals surface area contributed by atoms with Crippen molar-refractivity contribution in [3.8, 4) is 0 Å². The number of nitrogens with zero attached hydrogens (tertiary/aromatic N) is 1. The van der Waals surface area contributed by atoms with Crippen LogP contribution >= 0.6 is 0 Å². The molecule has 0 unspecified atom stereocenters. The summed E-state index contributed by atoms with van der Waals surface area (Å²) in [7, 11) is -3.80. The summed E-state index contributed by atoms with van der Waals surface area (Å²) >= 11 is 0. The predicted molar refractivity (Wildman–Crippen MR) is 67.5 cm³/mol. The molecular formula is C11H18N2O4S. The second-order valence-electron chi connectivity index (χ2n) is 3.87. The Bertz CT molecular complexity index is 510. The van der Waals surface area contributed by atoms with Crippen LogP contribution in [0.3, 0.4) is 0 Å². The molecule has 1 N–H and O–H groups in total. The highest BCUT2D eigenvalue weighted by Gasteiger charge is 2.23. The van der Waals surface area contributed by atoms with Crippen LogP contribution in [0.2, 0.25) is 0 Å². The molecule has 0 aromatic carbocycles. The van der Waals surface area contributed by atoms with Crippen LogP contribution in [0.4, 0.5) is 0 Å². The van der Waals surface area contributed by atoms with Crippen molar-refractivity contribution in [2.24, 2.45) is 0 Å². The topological polar surface area (TPSA) is 79.6 Å². The zero-order chi connectivity index (χ0) is 13.9. The molecule has 7 heteroatoms. The quantitative estimate of drug-likeness (QED) is 0.875. The molecule has 1 aromatic rings. The summed E-state index contributed by atoms with van der Waals surface area (Å²) in [5.74, 6) is -0.154. The highest BCUT2D eigenvalue weighted by atomic mass is 32.2. The molecule has 102 valence electrons. The maximum Gasteiger partial charge on any atom is 0.304 e. The average molecular weight is 274 g/mol. The van der Waals surface area contributed by atoms with E-state index in [0.29, 0.717) is 18.8 Å². The van der Waals surface area contributed by atoms with Gasteiger partial charge in [-0.1, -0.05) is 13.8 Å². The molecule has 0 aliphatic carbocycles. The van der Waals surface area contributed by atoms with Crippen molar-refractivity contribution >= 4 is 16.1 Å². The fourth-order valence-electron chi connectivity index (χ4n) is 1.48. The largest absolute Gasteiger partial charge is 0.456 e. The molecule has 0 bridgehead atoms. The third-order valence-electron chi connectivity index (χ3n) is 2.66. The van der Waals surface area contributed by atoms with Crippen LogP contribution in [0.1, 0.15) is 35.7 Å². The van der Waals surface area contributed by atoms with Gasteiger partial charge in [0.15, 0.2) is 5.76 Å². The number of furan rings is 1. The molecule has 0 atom stereocenters. The van der Waals surface area contributed by atoms with E-state index in [1.54, 1.807) is 27.7 Å². The lowest BCUT2D eigenvalue weighted by molar-refractivity contribution is 0.0951. The minimum absolute atomic E-state index is 0.000677. The molecule has 0 saturated carbocycles. The van der Waals surface area contributed by atoms with Crippen LogP contribution in [0.15, 0.2) is 10.5 Å². The van der Waals surface area contributed by atoms with E-state index in [1.807, 2.05) is 4.72 Å². The SMILES string of the molecule is CCN(CC)S(=O)(=O)NC(=O)c1cc(C)c(C)o1. The van der Waals surface area contributed by atoms with E-state index in [9.17, 15) is 13.2 Å². The number of hydrogen-bond donors (Lipinski definition) is 1. The molecule has 0 spiro atoms. The van der Waals surface area contributed by atoms with Crippen molar-refractivity contribution < 1.29 is 17.6 Å². The number of aryl methyl sites for hydroxylation is 2. The van der Waals surface area contributed by atoms with E-state index in [2.05, 4.69) is 0 Å². The highest BCUT2D eigenvalue weighted by Crippen LogP contribution is 2.13.